The molecule has 6 nitrogen and oxygen atoms in total. The Morgan fingerprint density at radius 2 is 2.31 bits per heavy atom. The van der Waals surface area contributed by atoms with Crippen LogP contribution in [0.1, 0.15) is 12.8 Å². The highest BCUT2D eigenvalue weighted by Crippen LogP contribution is 2.28. The molecule has 0 saturated heterocycles. The van der Waals surface area contributed by atoms with Gasteiger partial charge in [0.2, 0.25) is 0 Å². The molecule has 0 bridgehead atoms. The Labute approximate surface area is 93.5 Å². The highest BCUT2D eigenvalue weighted by molar-refractivity contribution is 5.59. The first kappa shape index (κ1) is 11.1. The van der Waals surface area contributed by atoms with Crippen molar-refractivity contribution >= 4 is 11.5 Å². The quantitative estimate of drug-likeness (QED) is 0.557. The lowest BCUT2D eigenvalue weighted by molar-refractivity contribution is 0.157. The molecular weight excluding hydrogens is 208 g/mol. The molecule has 6 heteroatoms. The molecule has 0 amide bonds. The van der Waals surface area contributed by atoms with E-state index in [0.717, 1.165) is 6.42 Å². The monoisotopic (exact) mass is 224 g/mol. The number of hydrogen-bond donors (Lipinski definition) is 4. The normalized spacial score (nSPS) is 29.2. The first-order valence-electron chi connectivity index (χ1n) is 5.31. The second-order valence-electron chi connectivity index (χ2n) is 4.16. The molecule has 5 N–H and O–H groups in total. The molecule has 88 valence electrons. The summed E-state index contributed by atoms with van der Waals surface area (Å²) >= 11 is 0. The summed E-state index contributed by atoms with van der Waals surface area (Å²) in [6.45, 7) is 0.106. The number of nitrogen functional groups attached to an aromatic ring is 1. The van der Waals surface area contributed by atoms with Crippen molar-refractivity contribution in [3.05, 3.63) is 12.5 Å². The molecule has 1 fully saturated rings. The number of nitrogens with zero attached hydrogens (tertiary/aromatic N) is 2. The fourth-order valence-corrected chi connectivity index (χ4v) is 2.06. The SMILES string of the molecule is Nc1cncnc1N[C@@H]1C[C@H](CO)C[C@H]1O. The molecular formula is C10H16N4O2. The number of aromatic nitrogens is 2. The van der Waals surface area contributed by atoms with Crippen LogP contribution in [0.15, 0.2) is 12.5 Å². The molecule has 2 rings (SSSR count). The molecule has 1 aliphatic rings. The van der Waals surface area contributed by atoms with Crippen LogP contribution in [-0.2, 0) is 0 Å². The lowest BCUT2D eigenvalue weighted by atomic mass is 10.1. The molecule has 1 saturated carbocycles. The Hall–Kier alpha value is -1.40. The van der Waals surface area contributed by atoms with Crippen molar-refractivity contribution in [1.29, 1.82) is 0 Å². The van der Waals surface area contributed by atoms with E-state index in [-0.39, 0.29) is 18.6 Å². The fraction of sp³-hybridized carbons (Fsp3) is 0.600. The van der Waals surface area contributed by atoms with Gasteiger partial charge in [0.15, 0.2) is 5.82 Å². The van der Waals surface area contributed by atoms with Gasteiger partial charge < -0.3 is 21.3 Å². The van der Waals surface area contributed by atoms with Crippen LogP contribution in [0.4, 0.5) is 11.5 Å². The molecule has 1 aromatic rings. The second-order valence-corrected chi connectivity index (χ2v) is 4.16. The molecule has 0 aliphatic heterocycles. The van der Waals surface area contributed by atoms with E-state index in [2.05, 4.69) is 15.3 Å². The molecule has 0 spiro atoms. The van der Waals surface area contributed by atoms with Gasteiger partial charge in [0.25, 0.3) is 0 Å². The van der Waals surface area contributed by atoms with Crippen LogP contribution < -0.4 is 11.1 Å². The summed E-state index contributed by atoms with van der Waals surface area (Å²) < 4.78 is 0. The number of rotatable bonds is 3. The molecule has 1 aromatic heterocycles. The minimum atomic E-state index is -0.466. The predicted molar refractivity (Wildman–Crippen MR) is 59.7 cm³/mol. The van der Waals surface area contributed by atoms with Crippen molar-refractivity contribution in [3.63, 3.8) is 0 Å². The number of nitrogens with one attached hydrogen (secondary N) is 1. The zero-order valence-electron chi connectivity index (χ0n) is 8.87. The van der Waals surface area contributed by atoms with Gasteiger partial charge in [0.1, 0.15) is 6.33 Å². The van der Waals surface area contributed by atoms with Gasteiger partial charge in [-0.05, 0) is 18.8 Å². The van der Waals surface area contributed by atoms with Crippen LogP contribution in [0.5, 0.6) is 0 Å². The van der Waals surface area contributed by atoms with Gasteiger partial charge in [-0.1, -0.05) is 0 Å². The molecule has 1 heterocycles. The van der Waals surface area contributed by atoms with Gasteiger partial charge in [0.05, 0.1) is 24.0 Å². The van der Waals surface area contributed by atoms with Gasteiger partial charge in [-0.3, -0.25) is 0 Å². The first-order chi connectivity index (χ1) is 7.70. The number of aliphatic hydroxyl groups is 2. The molecule has 0 radical (unpaired) electrons. The van der Waals surface area contributed by atoms with Crippen LogP contribution >= 0.6 is 0 Å². The van der Waals surface area contributed by atoms with Crippen molar-refractivity contribution < 1.29 is 10.2 Å². The number of aliphatic hydroxyl groups excluding tert-OH is 2. The third-order valence-corrected chi connectivity index (χ3v) is 2.95. The average molecular weight is 224 g/mol. The summed E-state index contributed by atoms with van der Waals surface area (Å²) in [5.41, 5.74) is 6.15. The Kier molecular flexibility index (Phi) is 3.21. The molecule has 0 aromatic carbocycles. The van der Waals surface area contributed by atoms with E-state index in [4.69, 9.17) is 10.8 Å². The van der Waals surface area contributed by atoms with Crippen molar-refractivity contribution in [2.45, 2.75) is 25.0 Å². The van der Waals surface area contributed by atoms with E-state index < -0.39 is 6.10 Å². The number of nitrogens with two attached hydrogens (primary N) is 1. The summed E-state index contributed by atoms with van der Waals surface area (Å²) in [6.07, 6.45) is 3.79. The maximum atomic E-state index is 9.78. The highest BCUT2D eigenvalue weighted by Gasteiger charge is 2.32. The van der Waals surface area contributed by atoms with Crippen molar-refractivity contribution in [1.82, 2.24) is 9.97 Å². The molecule has 1 aliphatic carbocycles. The summed E-state index contributed by atoms with van der Waals surface area (Å²) in [5.74, 6) is 0.688. The lowest BCUT2D eigenvalue weighted by Crippen LogP contribution is -2.28. The molecule has 3 atom stereocenters. The van der Waals surface area contributed by atoms with Crippen molar-refractivity contribution in [2.24, 2.45) is 5.92 Å². The van der Waals surface area contributed by atoms with E-state index >= 15 is 0 Å². The van der Waals surface area contributed by atoms with Crippen LogP contribution in [0.25, 0.3) is 0 Å². The van der Waals surface area contributed by atoms with Gasteiger partial charge in [-0.25, -0.2) is 9.97 Å². The van der Waals surface area contributed by atoms with E-state index in [1.165, 1.54) is 12.5 Å². The minimum absolute atomic E-state index is 0.102. The average Bonchev–Trinajstić information content (AvgIpc) is 2.63. The highest BCUT2D eigenvalue weighted by atomic mass is 16.3. The van der Waals surface area contributed by atoms with Crippen LogP contribution in [-0.4, -0.2) is 38.9 Å². The Morgan fingerprint density at radius 3 is 2.94 bits per heavy atom. The van der Waals surface area contributed by atoms with E-state index in [9.17, 15) is 5.11 Å². The van der Waals surface area contributed by atoms with Gasteiger partial charge >= 0.3 is 0 Å². The Bertz CT molecular complexity index is 360. The molecule has 0 unspecified atom stereocenters. The smallest absolute Gasteiger partial charge is 0.152 e. The third-order valence-electron chi connectivity index (χ3n) is 2.95. The number of hydrogen-bond acceptors (Lipinski definition) is 6. The van der Waals surface area contributed by atoms with E-state index in [1.807, 2.05) is 0 Å². The summed E-state index contributed by atoms with van der Waals surface area (Å²) in [6, 6.07) is -0.102. The maximum Gasteiger partial charge on any atom is 0.152 e. The minimum Gasteiger partial charge on any atom is -0.396 e. The van der Waals surface area contributed by atoms with Gasteiger partial charge in [-0.2, -0.15) is 0 Å². The summed E-state index contributed by atoms with van der Waals surface area (Å²) in [4.78, 5) is 7.80. The fourth-order valence-electron chi connectivity index (χ4n) is 2.06. The third kappa shape index (κ3) is 2.23. The standard InChI is InChI=1S/C10H16N4O2/c11-7-3-12-5-13-10(7)14-8-1-6(4-15)2-9(8)16/h3,5-6,8-9,15-16H,1-2,4,11H2,(H,12,13,14)/t6-,8+,9+/m0/s1. The van der Waals surface area contributed by atoms with Crippen molar-refractivity contribution in [2.75, 3.05) is 17.7 Å². The Morgan fingerprint density at radius 1 is 1.50 bits per heavy atom. The van der Waals surface area contributed by atoms with Gasteiger partial charge in [-0.15, -0.1) is 0 Å². The zero-order valence-corrected chi connectivity index (χ0v) is 8.87. The molecule has 16 heavy (non-hydrogen) atoms. The maximum absolute atomic E-state index is 9.78. The summed E-state index contributed by atoms with van der Waals surface area (Å²) in [7, 11) is 0. The topological polar surface area (TPSA) is 104 Å². The van der Waals surface area contributed by atoms with E-state index in [0.29, 0.717) is 17.9 Å². The lowest BCUT2D eigenvalue weighted by Gasteiger charge is -2.17. The van der Waals surface area contributed by atoms with Crippen LogP contribution in [0, 0.1) is 5.92 Å². The summed E-state index contributed by atoms with van der Waals surface area (Å²) in [5, 5.41) is 21.9. The zero-order chi connectivity index (χ0) is 11.5. The predicted octanol–water partition coefficient (Wildman–Crippen LogP) is -0.398. The van der Waals surface area contributed by atoms with E-state index in [1.54, 1.807) is 0 Å². The van der Waals surface area contributed by atoms with Crippen LogP contribution in [0.2, 0.25) is 0 Å². The largest absolute Gasteiger partial charge is 0.396 e. The second kappa shape index (κ2) is 4.63. The number of anilines is 2. The van der Waals surface area contributed by atoms with Gasteiger partial charge in [0, 0.05) is 6.61 Å². The first-order valence-corrected chi connectivity index (χ1v) is 5.31. The van der Waals surface area contributed by atoms with Crippen LogP contribution in [0.3, 0.4) is 0 Å². The van der Waals surface area contributed by atoms with Crippen molar-refractivity contribution in [3.8, 4) is 0 Å². The Balaban J connectivity index is 2.03.